The average Bonchev–Trinajstić information content (AvgIpc) is 2.38. The molecule has 0 saturated carbocycles. The zero-order chi connectivity index (χ0) is 13.2. The van der Waals surface area contributed by atoms with Gasteiger partial charge in [-0.2, -0.15) is 0 Å². The summed E-state index contributed by atoms with van der Waals surface area (Å²) in [5.41, 5.74) is 1.01. The quantitative estimate of drug-likeness (QED) is 0.681. The number of ether oxygens (including phenoxy) is 1. The van der Waals surface area contributed by atoms with Crippen LogP contribution in [0.15, 0.2) is 30.3 Å². The van der Waals surface area contributed by atoms with E-state index in [1.807, 2.05) is 30.3 Å². The predicted octanol–water partition coefficient (Wildman–Crippen LogP) is 3.63. The highest BCUT2D eigenvalue weighted by Gasteiger charge is 2.17. The SMILES string of the molecule is CCCCCCC(OCc1ccccc1)C(=O)O. The first-order chi connectivity index (χ1) is 8.74. The van der Waals surface area contributed by atoms with Crippen LogP contribution in [0.1, 0.15) is 44.6 Å². The first kappa shape index (κ1) is 14.7. The van der Waals surface area contributed by atoms with Crippen LogP contribution in [0.4, 0.5) is 0 Å². The largest absolute Gasteiger partial charge is 0.479 e. The van der Waals surface area contributed by atoms with Gasteiger partial charge in [-0.05, 0) is 12.0 Å². The number of carbonyl (C=O) groups is 1. The number of rotatable bonds is 9. The van der Waals surface area contributed by atoms with Gasteiger partial charge < -0.3 is 9.84 Å². The van der Waals surface area contributed by atoms with Gasteiger partial charge in [0.05, 0.1) is 6.61 Å². The molecular weight excluding hydrogens is 228 g/mol. The summed E-state index contributed by atoms with van der Waals surface area (Å²) in [6, 6.07) is 9.67. The van der Waals surface area contributed by atoms with E-state index >= 15 is 0 Å². The Bertz CT molecular complexity index is 335. The van der Waals surface area contributed by atoms with Crippen LogP contribution in [0.25, 0.3) is 0 Å². The maximum atomic E-state index is 11.1. The number of hydrogen-bond acceptors (Lipinski definition) is 2. The molecule has 0 aliphatic carbocycles. The number of unbranched alkanes of at least 4 members (excludes halogenated alkanes) is 3. The van der Waals surface area contributed by atoms with Crippen LogP contribution in [0.2, 0.25) is 0 Å². The van der Waals surface area contributed by atoms with Crippen molar-refractivity contribution in [1.29, 1.82) is 0 Å². The van der Waals surface area contributed by atoms with Crippen LogP contribution in [-0.2, 0) is 16.1 Å². The number of benzene rings is 1. The van der Waals surface area contributed by atoms with Crippen molar-refractivity contribution in [3.05, 3.63) is 35.9 Å². The summed E-state index contributed by atoms with van der Waals surface area (Å²) in [6.07, 6.45) is 4.23. The Kier molecular flexibility index (Phi) is 7.11. The number of hydrogen-bond donors (Lipinski definition) is 1. The zero-order valence-electron chi connectivity index (χ0n) is 11.0. The van der Waals surface area contributed by atoms with Gasteiger partial charge in [-0.3, -0.25) is 0 Å². The number of aliphatic carboxylic acids is 1. The molecule has 0 fully saturated rings. The molecule has 3 heteroatoms. The lowest BCUT2D eigenvalue weighted by Gasteiger charge is -2.13. The molecule has 0 aliphatic rings. The highest BCUT2D eigenvalue weighted by atomic mass is 16.5. The van der Waals surface area contributed by atoms with E-state index in [-0.39, 0.29) is 0 Å². The van der Waals surface area contributed by atoms with Crippen molar-refractivity contribution in [2.75, 3.05) is 0 Å². The Hall–Kier alpha value is -1.35. The third-order valence-electron chi connectivity index (χ3n) is 2.89. The third-order valence-corrected chi connectivity index (χ3v) is 2.89. The Labute approximate surface area is 109 Å². The Morgan fingerprint density at radius 3 is 2.56 bits per heavy atom. The van der Waals surface area contributed by atoms with Crippen molar-refractivity contribution in [3.63, 3.8) is 0 Å². The second-order valence-electron chi connectivity index (χ2n) is 4.47. The molecule has 0 heterocycles. The smallest absolute Gasteiger partial charge is 0.332 e. The molecule has 1 aromatic carbocycles. The van der Waals surface area contributed by atoms with Crippen molar-refractivity contribution in [2.45, 2.75) is 51.7 Å². The van der Waals surface area contributed by atoms with Gasteiger partial charge in [-0.15, -0.1) is 0 Å². The maximum Gasteiger partial charge on any atom is 0.332 e. The minimum Gasteiger partial charge on any atom is -0.479 e. The molecular formula is C15H22O3. The molecule has 0 aliphatic heterocycles. The minimum absolute atomic E-state index is 0.367. The van der Waals surface area contributed by atoms with Crippen LogP contribution >= 0.6 is 0 Å². The maximum absolute atomic E-state index is 11.1. The van der Waals surface area contributed by atoms with Gasteiger partial charge in [0.1, 0.15) is 0 Å². The summed E-state index contributed by atoms with van der Waals surface area (Å²) in [7, 11) is 0. The number of carboxylic acids is 1. The second-order valence-corrected chi connectivity index (χ2v) is 4.47. The first-order valence-electron chi connectivity index (χ1n) is 6.62. The Morgan fingerprint density at radius 1 is 1.22 bits per heavy atom. The second kappa shape index (κ2) is 8.70. The molecule has 0 spiro atoms. The molecule has 1 N–H and O–H groups in total. The Balaban J connectivity index is 2.32. The van der Waals surface area contributed by atoms with Gasteiger partial charge in [0.15, 0.2) is 6.10 Å². The summed E-state index contributed by atoms with van der Waals surface area (Å²) in [4.78, 5) is 11.1. The molecule has 0 bridgehead atoms. The van der Waals surface area contributed by atoms with E-state index in [9.17, 15) is 4.79 Å². The first-order valence-corrected chi connectivity index (χ1v) is 6.62. The number of carboxylic acid groups (broad SMARTS) is 1. The van der Waals surface area contributed by atoms with Crippen LogP contribution in [0.3, 0.4) is 0 Å². The van der Waals surface area contributed by atoms with Crippen molar-refractivity contribution in [3.8, 4) is 0 Å². The average molecular weight is 250 g/mol. The molecule has 1 atom stereocenters. The fourth-order valence-electron chi connectivity index (χ4n) is 1.81. The summed E-state index contributed by atoms with van der Waals surface area (Å²) in [5, 5.41) is 9.08. The van der Waals surface area contributed by atoms with Gasteiger partial charge in [0.2, 0.25) is 0 Å². The topological polar surface area (TPSA) is 46.5 Å². The summed E-state index contributed by atoms with van der Waals surface area (Å²) in [6.45, 7) is 2.51. The molecule has 1 aromatic rings. The van der Waals surface area contributed by atoms with E-state index in [2.05, 4.69) is 6.92 Å². The monoisotopic (exact) mass is 250 g/mol. The normalized spacial score (nSPS) is 12.3. The van der Waals surface area contributed by atoms with Crippen LogP contribution in [-0.4, -0.2) is 17.2 Å². The van der Waals surface area contributed by atoms with E-state index in [1.165, 1.54) is 0 Å². The molecule has 0 radical (unpaired) electrons. The molecule has 1 unspecified atom stereocenters. The molecule has 1 rings (SSSR count). The summed E-state index contributed by atoms with van der Waals surface area (Å²) >= 11 is 0. The molecule has 18 heavy (non-hydrogen) atoms. The zero-order valence-corrected chi connectivity index (χ0v) is 11.0. The highest BCUT2D eigenvalue weighted by molar-refractivity contribution is 5.72. The molecule has 3 nitrogen and oxygen atoms in total. The van der Waals surface area contributed by atoms with Crippen LogP contribution in [0, 0.1) is 0 Å². The summed E-state index contributed by atoms with van der Waals surface area (Å²) in [5.74, 6) is -0.859. The Morgan fingerprint density at radius 2 is 1.94 bits per heavy atom. The van der Waals surface area contributed by atoms with Gasteiger partial charge >= 0.3 is 5.97 Å². The van der Waals surface area contributed by atoms with Crippen LogP contribution < -0.4 is 0 Å². The molecule has 0 saturated heterocycles. The lowest BCUT2D eigenvalue weighted by atomic mass is 10.1. The summed E-state index contributed by atoms with van der Waals surface area (Å²) < 4.78 is 5.47. The van der Waals surface area contributed by atoms with E-state index in [0.29, 0.717) is 13.0 Å². The van der Waals surface area contributed by atoms with E-state index in [0.717, 1.165) is 31.2 Å². The van der Waals surface area contributed by atoms with Crippen molar-refractivity contribution >= 4 is 5.97 Å². The fraction of sp³-hybridized carbons (Fsp3) is 0.533. The van der Waals surface area contributed by atoms with Gasteiger partial charge in [0.25, 0.3) is 0 Å². The van der Waals surface area contributed by atoms with Gasteiger partial charge in [-0.1, -0.05) is 62.9 Å². The van der Waals surface area contributed by atoms with Gasteiger partial charge in [0, 0.05) is 0 Å². The van der Waals surface area contributed by atoms with Crippen molar-refractivity contribution in [2.24, 2.45) is 0 Å². The van der Waals surface area contributed by atoms with Crippen molar-refractivity contribution in [1.82, 2.24) is 0 Å². The standard InChI is InChI=1S/C15H22O3/c1-2-3-4-8-11-14(15(16)17)18-12-13-9-6-5-7-10-13/h5-7,9-10,14H,2-4,8,11-12H2,1H3,(H,16,17). The highest BCUT2D eigenvalue weighted by Crippen LogP contribution is 2.11. The van der Waals surface area contributed by atoms with Crippen molar-refractivity contribution < 1.29 is 14.6 Å². The minimum atomic E-state index is -0.859. The molecule has 0 amide bonds. The van der Waals surface area contributed by atoms with E-state index in [1.54, 1.807) is 0 Å². The predicted molar refractivity (Wildman–Crippen MR) is 71.4 cm³/mol. The fourth-order valence-corrected chi connectivity index (χ4v) is 1.81. The van der Waals surface area contributed by atoms with Gasteiger partial charge in [-0.25, -0.2) is 4.79 Å². The van der Waals surface area contributed by atoms with E-state index < -0.39 is 12.1 Å². The van der Waals surface area contributed by atoms with E-state index in [4.69, 9.17) is 9.84 Å². The molecule has 0 aromatic heterocycles. The third kappa shape index (κ3) is 5.82. The lowest BCUT2D eigenvalue weighted by Crippen LogP contribution is -2.23. The van der Waals surface area contributed by atoms with Crippen LogP contribution in [0.5, 0.6) is 0 Å². The lowest BCUT2D eigenvalue weighted by molar-refractivity contribution is -0.151. The molecule has 100 valence electrons.